The first-order valence-corrected chi connectivity index (χ1v) is 9.73. The van der Waals surface area contributed by atoms with E-state index in [2.05, 4.69) is 21.4 Å². The molecule has 2 aliphatic rings. The van der Waals surface area contributed by atoms with E-state index in [1.807, 2.05) is 67.6 Å². The molecule has 28 heavy (non-hydrogen) atoms. The van der Waals surface area contributed by atoms with Crippen molar-refractivity contribution in [1.82, 2.24) is 5.01 Å². The van der Waals surface area contributed by atoms with Crippen LogP contribution in [0.25, 0.3) is 0 Å². The number of anilines is 2. The number of nitrogens with zero attached hydrogens (tertiary/aromatic N) is 2. The van der Waals surface area contributed by atoms with Crippen molar-refractivity contribution in [3.8, 4) is 0 Å². The summed E-state index contributed by atoms with van der Waals surface area (Å²) in [7, 11) is 0. The van der Waals surface area contributed by atoms with Crippen LogP contribution < -0.4 is 10.3 Å². The van der Waals surface area contributed by atoms with Crippen LogP contribution in [0, 0.1) is 6.92 Å². The summed E-state index contributed by atoms with van der Waals surface area (Å²) in [6, 6.07) is 20.7. The average molecular weight is 434 g/mol. The quantitative estimate of drug-likeness (QED) is 0.625. The Bertz CT molecular complexity index is 1130. The molecule has 3 aromatic carbocycles. The number of halogens is 1. The summed E-state index contributed by atoms with van der Waals surface area (Å²) in [4.78, 5) is 28.3. The lowest BCUT2D eigenvalue weighted by Crippen LogP contribution is -2.50. The van der Waals surface area contributed by atoms with Crippen LogP contribution in [0.1, 0.15) is 38.0 Å². The van der Waals surface area contributed by atoms with Crippen molar-refractivity contribution in [2.24, 2.45) is 0 Å². The van der Waals surface area contributed by atoms with Crippen molar-refractivity contribution < 1.29 is 9.59 Å². The Kier molecular flexibility index (Phi) is 3.77. The standard InChI is InChI=1S/C22H16BrN3O2/c1-13-6-9-15(10-7-13)24-26-20-16-4-2-3-5-17(16)21(27)25(20)19-11-8-14(23)12-18(19)22(26)28/h2-12,20,24H,1H3. The molecule has 0 bridgehead atoms. The smallest absolute Gasteiger partial charge is 0.276 e. The second-order valence-corrected chi connectivity index (χ2v) is 7.87. The number of fused-ring (bicyclic) bond motifs is 5. The molecule has 2 amide bonds. The maximum atomic E-state index is 13.4. The summed E-state index contributed by atoms with van der Waals surface area (Å²) in [5.74, 6) is -0.282. The van der Waals surface area contributed by atoms with Gasteiger partial charge in [0.05, 0.1) is 16.9 Å². The van der Waals surface area contributed by atoms with E-state index in [1.165, 1.54) is 0 Å². The summed E-state index contributed by atoms with van der Waals surface area (Å²) < 4.78 is 0.789. The molecule has 5 rings (SSSR count). The summed E-state index contributed by atoms with van der Waals surface area (Å²) >= 11 is 3.43. The molecule has 3 aromatic rings. The minimum atomic E-state index is -0.536. The first kappa shape index (κ1) is 17.0. The van der Waals surface area contributed by atoms with E-state index in [-0.39, 0.29) is 11.8 Å². The van der Waals surface area contributed by atoms with Gasteiger partial charge in [-0.1, -0.05) is 51.8 Å². The summed E-state index contributed by atoms with van der Waals surface area (Å²) in [5, 5.41) is 1.54. The fourth-order valence-electron chi connectivity index (χ4n) is 3.80. The number of rotatable bonds is 2. The van der Waals surface area contributed by atoms with Gasteiger partial charge in [-0.15, -0.1) is 0 Å². The minimum absolute atomic E-state index is 0.104. The molecule has 0 radical (unpaired) electrons. The van der Waals surface area contributed by atoms with Crippen molar-refractivity contribution in [2.75, 3.05) is 10.3 Å². The average Bonchev–Trinajstić information content (AvgIpc) is 3.00. The van der Waals surface area contributed by atoms with E-state index < -0.39 is 6.17 Å². The maximum Gasteiger partial charge on any atom is 0.276 e. The second kappa shape index (κ2) is 6.21. The molecule has 1 unspecified atom stereocenters. The van der Waals surface area contributed by atoms with Crippen molar-refractivity contribution in [2.45, 2.75) is 13.1 Å². The Balaban J connectivity index is 1.68. The third-order valence-corrected chi connectivity index (χ3v) is 5.64. The number of aryl methyl sites for hydroxylation is 1. The SMILES string of the molecule is Cc1ccc(NN2C(=O)c3cc(Br)ccc3N3C(=O)c4ccccc4C23)cc1. The van der Waals surface area contributed by atoms with Crippen LogP contribution in [-0.2, 0) is 0 Å². The van der Waals surface area contributed by atoms with Crippen molar-refractivity contribution in [3.05, 3.63) is 93.5 Å². The highest BCUT2D eigenvalue weighted by Gasteiger charge is 2.48. The lowest BCUT2D eigenvalue weighted by atomic mass is 10.0. The molecule has 0 aromatic heterocycles. The third kappa shape index (κ3) is 2.45. The molecule has 2 aliphatic heterocycles. The van der Waals surface area contributed by atoms with Crippen LogP contribution in [-0.4, -0.2) is 16.8 Å². The lowest BCUT2D eigenvalue weighted by Gasteiger charge is -2.41. The van der Waals surface area contributed by atoms with Gasteiger partial charge in [0.1, 0.15) is 0 Å². The molecule has 6 heteroatoms. The number of carbonyl (C=O) groups excluding carboxylic acids is 2. The molecule has 5 nitrogen and oxygen atoms in total. The van der Waals surface area contributed by atoms with Gasteiger partial charge >= 0.3 is 0 Å². The van der Waals surface area contributed by atoms with Crippen molar-refractivity contribution in [3.63, 3.8) is 0 Å². The zero-order valence-electron chi connectivity index (χ0n) is 15.0. The van der Waals surface area contributed by atoms with Gasteiger partial charge in [-0.05, 0) is 43.3 Å². The highest BCUT2D eigenvalue weighted by Crippen LogP contribution is 2.45. The van der Waals surface area contributed by atoms with Crippen LogP contribution in [0.5, 0.6) is 0 Å². The van der Waals surface area contributed by atoms with Gasteiger partial charge in [0.25, 0.3) is 11.8 Å². The zero-order valence-corrected chi connectivity index (χ0v) is 16.6. The van der Waals surface area contributed by atoms with E-state index >= 15 is 0 Å². The van der Waals surface area contributed by atoms with Gasteiger partial charge in [-0.25, -0.2) is 5.01 Å². The third-order valence-electron chi connectivity index (χ3n) is 5.15. The Labute approximate surface area is 170 Å². The molecule has 0 aliphatic carbocycles. The second-order valence-electron chi connectivity index (χ2n) is 6.95. The Morgan fingerprint density at radius 1 is 0.893 bits per heavy atom. The minimum Gasteiger partial charge on any atom is -0.293 e. The van der Waals surface area contributed by atoms with Crippen LogP contribution >= 0.6 is 15.9 Å². The Morgan fingerprint density at radius 2 is 1.64 bits per heavy atom. The van der Waals surface area contributed by atoms with Gasteiger partial charge in [0.2, 0.25) is 0 Å². The number of amides is 2. The summed E-state index contributed by atoms with van der Waals surface area (Å²) in [6.07, 6.45) is -0.536. The Morgan fingerprint density at radius 3 is 2.43 bits per heavy atom. The first-order chi connectivity index (χ1) is 13.5. The fourth-order valence-corrected chi connectivity index (χ4v) is 4.16. The summed E-state index contributed by atoms with van der Waals surface area (Å²) in [6.45, 7) is 2.01. The van der Waals surface area contributed by atoms with E-state index in [0.29, 0.717) is 16.8 Å². The number of hydrogen-bond acceptors (Lipinski definition) is 3. The Hall–Kier alpha value is -3.12. The predicted octanol–water partition coefficient (Wildman–Crippen LogP) is 4.90. The zero-order chi connectivity index (χ0) is 19.4. The number of hydrazine groups is 1. The number of nitrogens with one attached hydrogen (secondary N) is 1. The number of benzene rings is 3. The van der Waals surface area contributed by atoms with E-state index in [9.17, 15) is 9.59 Å². The van der Waals surface area contributed by atoms with Gasteiger partial charge in [-0.2, -0.15) is 0 Å². The molecular formula is C22H16BrN3O2. The molecule has 1 N–H and O–H groups in total. The van der Waals surface area contributed by atoms with Crippen LogP contribution in [0.15, 0.2) is 71.2 Å². The van der Waals surface area contributed by atoms with E-state index in [0.717, 1.165) is 21.3 Å². The van der Waals surface area contributed by atoms with Gasteiger partial charge in [0, 0.05) is 15.6 Å². The lowest BCUT2D eigenvalue weighted by molar-refractivity contribution is 0.0700. The monoisotopic (exact) mass is 433 g/mol. The molecule has 2 heterocycles. The fraction of sp³-hybridized carbons (Fsp3) is 0.0909. The number of carbonyl (C=O) groups is 2. The highest BCUT2D eigenvalue weighted by atomic mass is 79.9. The topological polar surface area (TPSA) is 52.7 Å². The van der Waals surface area contributed by atoms with Gasteiger partial charge in [0.15, 0.2) is 6.17 Å². The van der Waals surface area contributed by atoms with E-state index in [1.54, 1.807) is 16.0 Å². The van der Waals surface area contributed by atoms with Crippen molar-refractivity contribution in [1.29, 1.82) is 0 Å². The molecular weight excluding hydrogens is 418 g/mol. The first-order valence-electron chi connectivity index (χ1n) is 8.93. The molecule has 138 valence electrons. The van der Waals surface area contributed by atoms with Crippen LogP contribution in [0.4, 0.5) is 11.4 Å². The van der Waals surface area contributed by atoms with Gasteiger partial charge in [-0.3, -0.25) is 19.9 Å². The van der Waals surface area contributed by atoms with Crippen molar-refractivity contribution >= 4 is 39.1 Å². The predicted molar refractivity (Wildman–Crippen MR) is 111 cm³/mol. The van der Waals surface area contributed by atoms with Crippen LogP contribution in [0.2, 0.25) is 0 Å². The van der Waals surface area contributed by atoms with E-state index in [4.69, 9.17) is 0 Å². The number of hydrogen-bond donors (Lipinski definition) is 1. The van der Waals surface area contributed by atoms with Gasteiger partial charge < -0.3 is 0 Å². The largest absolute Gasteiger partial charge is 0.293 e. The molecule has 0 saturated heterocycles. The highest BCUT2D eigenvalue weighted by molar-refractivity contribution is 9.10. The molecule has 0 spiro atoms. The molecule has 1 atom stereocenters. The summed E-state index contributed by atoms with van der Waals surface area (Å²) in [5.41, 5.74) is 7.68. The maximum absolute atomic E-state index is 13.4. The normalized spacial score (nSPS) is 17.3. The van der Waals surface area contributed by atoms with Crippen LogP contribution in [0.3, 0.4) is 0 Å². The molecule has 0 fully saturated rings. The molecule has 0 saturated carbocycles.